The lowest BCUT2D eigenvalue weighted by Gasteiger charge is -2.09. The molecule has 6 heteroatoms. The van der Waals surface area contributed by atoms with E-state index in [0.717, 1.165) is 39.1 Å². The van der Waals surface area contributed by atoms with Crippen molar-refractivity contribution in [2.24, 2.45) is 0 Å². The van der Waals surface area contributed by atoms with Crippen LogP contribution in [0.2, 0.25) is 0 Å². The predicted octanol–water partition coefficient (Wildman–Crippen LogP) is 3.30. The maximum Gasteiger partial charge on any atom is 0.213 e. The average Bonchev–Trinajstić information content (AvgIpc) is 3.04. The minimum Gasteiger partial charge on any atom is -0.491 e. The number of aliphatic hydroxyl groups is 1. The van der Waals surface area contributed by atoms with E-state index >= 15 is 0 Å². The van der Waals surface area contributed by atoms with Crippen LogP contribution in [0.3, 0.4) is 0 Å². The molecule has 0 radical (unpaired) electrons. The number of aromatic nitrogens is 3. The van der Waals surface area contributed by atoms with E-state index in [4.69, 9.17) is 4.74 Å². The summed E-state index contributed by atoms with van der Waals surface area (Å²) in [6.07, 6.45) is 1.02. The third kappa shape index (κ3) is 2.71. The lowest BCUT2D eigenvalue weighted by atomic mass is 10.1. The van der Waals surface area contributed by atoms with Crippen molar-refractivity contribution in [3.63, 3.8) is 0 Å². The molecule has 3 aromatic rings. The number of rotatable bonds is 5. The zero-order chi connectivity index (χ0) is 15.7. The second kappa shape index (κ2) is 6.06. The molecule has 3 rings (SSSR count). The summed E-state index contributed by atoms with van der Waals surface area (Å²) in [4.78, 5) is 5.45. The topological polar surface area (TPSA) is 59.7 Å². The van der Waals surface area contributed by atoms with E-state index in [0.29, 0.717) is 0 Å². The normalized spacial score (nSPS) is 11.5. The first-order valence-corrected chi connectivity index (χ1v) is 8.19. The molecule has 0 saturated carbocycles. The SMILES string of the molecule is CCc1nn2c(CO)c(-c3ccc(OC(C)C)cc3)nc2s1. The van der Waals surface area contributed by atoms with Crippen molar-refractivity contribution < 1.29 is 9.84 Å². The third-order valence-corrected chi connectivity index (χ3v) is 4.34. The molecule has 0 saturated heterocycles. The summed E-state index contributed by atoms with van der Waals surface area (Å²) >= 11 is 1.56. The van der Waals surface area contributed by atoms with Crippen molar-refractivity contribution in [1.29, 1.82) is 0 Å². The molecule has 0 bridgehead atoms. The van der Waals surface area contributed by atoms with Crippen molar-refractivity contribution in [3.8, 4) is 17.0 Å². The maximum absolute atomic E-state index is 9.70. The van der Waals surface area contributed by atoms with Crippen LogP contribution in [0, 0.1) is 0 Å². The summed E-state index contributed by atoms with van der Waals surface area (Å²) in [5.74, 6) is 0.830. The summed E-state index contributed by atoms with van der Waals surface area (Å²) < 4.78 is 7.40. The quantitative estimate of drug-likeness (QED) is 0.784. The van der Waals surface area contributed by atoms with E-state index in [1.165, 1.54) is 0 Å². The summed E-state index contributed by atoms with van der Waals surface area (Å²) in [5, 5.41) is 15.2. The van der Waals surface area contributed by atoms with Crippen molar-refractivity contribution in [2.45, 2.75) is 39.9 Å². The molecule has 0 amide bonds. The third-order valence-electron chi connectivity index (χ3n) is 3.29. The van der Waals surface area contributed by atoms with Gasteiger partial charge >= 0.3 is 0 Å². The first-order chi connectivity index (χ1) is 10.6. The summed E-state index contributed by atoms with van der Waals surface area (Å²) in [7, 11) is 0. The lowest BCUT2D eigenvalue weighted by molar-refractivity contribution is 0.242. The highest BCUT2D eigenvalue weighted by atomic mass is 32.1. The van der Waals surface area contributed by atoms with Crippen molar-refractivity contribution >= 4 is 16.3 Å². The number of hydrogen-bond acceptors (Lipinski definition) is 5. The largest absolute Gasteiger partial charge is 0.491 e. The van der Waals surface area contributed by atoms with Gasteiger partial charge in [0.1, 0.15) is 10.8 Å². The molecule has 0 spiro atoms. The number of ether oxygens (including phenoxy) is 1. The summed E-state index contributed by atoms with van der Waals surface area (Å²) in [6.45, 7) is 5.97. The smallest absolute Gasteiger partial charge is 0.213 e. The molecule has 2 aromatic heterocycles. The van der Waals surface area contributed by atoms with Gasteiger partial charge in [0, 0.05) is 5.56 Å². The molecular weight excluding hydrogens is 298 g/mol. The number of nitrogens with zero attached hydrogens (tertiary/aromatic N) is 3. The standard InChI is InChI=1S/C16H19N3O2S/c1-4-14-18-19-13(9-20)15(17-16(19)22-14)11-5-7-12(8-6-11)21-10(2)3/h5-8,10,20H,4,9H2,1-3H3. The van der Waals surface area contributed by atoms with E-state index in [9.17, 15) is 5.11 Å². The number of benzene rings is 1. The van der Waals surface area contributed by atoms with Crippen LogP contribution in [0.1, 0.15) is 31.5 Å². The van der Waals surface area contributed by atoms with Gasteiger partial charge in [-0.25, -0.2) is 9.50 Å². The predicted molar refractivity (Wildman–Crippen MR) is 87.4 cm³/mol. The average molecular weight is 317 g/mol. The van der Waals surface area contributed by atoms with Crippen LogP contribution >= 0.6 is 11.3 Å². The molecule has 1 N–H and O–H groups in total. The first-order valence-electron chi connectivity index (χ1n) is 7.37. The van der Waals surface area contributed by atoms with E-state index in [1.54, 1.807) is 15.9 Å². The fourth-order valence-corrected chi connectivity index (χ4v) is 3.16. The molecule has 22 heavy (non-hydrogen) atoms. The molecule has 0 aliphatic heterocycles. The van der Waals surface area contributed by atoms with Crippen LogP contribution in [-0.2, 0) is 13.0 Å². The molecule has 0 aliphatic carbocycles. The van der Waals surface area contributed by atoms with E-state index in [1.807, 2.05) is 38.1 Å². The Morgan fingerprint density at radius 3 is 2.59 bits per heavy atom. The van der Waals surface area contributed by atoms with Crippen LogP contribution in [0.4, 0.5) is 0 Å². The summed E-state index contributed by atoms with van der Waals surface area (Å²) in [6, 6.07) is 7.78. The zero-order valence-electron chi connectivity index (χ0n) is 12.9. The molecule has 1 aromatic carbocycles. The molecule has 0 unspecified atom stereocenters. The van der Waals surface area contributed by atoms with Crippen LogP contribution in [0.5, 0.6) is 5.75 Å². The van der Waals surface area contributed by atoms with E-state index < -0.39 is 0 Å². The Bertz CT molecular complexity index is 775. The van der Waals surface area contributed by atoms with Crippen molar-refractivity contribution in [1.82, 2.24) is 14.6 Å². The molecule has 116 valence electrons. The molecule has 0 aliphatic rings. The van der Waals surface area contributed by atoms with Crippen molar-refractivity contribution in [3.05, 3.63) is 35.0 Å². The Morgan fingerprint density at radius 1 is 1.27 bits per heavy atom. The number of aliphatic hydroxyl groups excluding tert-OH is 1. The minimum absolute atomic E-state index is 0.0896. The molecule has 0 fully saturated rings. The summed E-state index contributed by atoms with van der Waals surface area (Å²) in [5.41, 5.74) is 2.46. The fourth-order valence-electron chi connectivity index (χ4n) is 2.31. The van der Waals surface area contributed by atoms with Gasteiger partial charge in [-0.3, -0.25) is 0 Å². The van der Waals surface area contributed by atoms with Crippen LogP contribution in [0.25, 0.3) is 16.2 Å². The van der Waals surface area contributed by atoms with Gasteiger partial charge in [0.25, 0.3) is 0 Å². The Kier molecular flexibility index (Phi) is 4.13. The van der Waals surface area contributed by atoms with Crippen LogP contribution < -0.4 is 4.74 Å². The van der Waals surface area contributed by atoms with E-state index in [2.05, 4.69) is 17.0 Å². The van der Waals surface area contributed by atoms with Crippen LogP contribution in [-0.4, -0.2) is 25.8 Å². The molecular formula is C16H19N3O2S. The van der Waals surface area contributed by atoms with Gasteiger partial charge in [0.05, 0.1) is 24.1 Å². The second-order valence-electron chi connectivity index (χ2n) is 5.30. The Hall–Kier alpha value is -1.92. The number of imidazole rings is 1. The van der Waals surface area contributed by atoms with Gasteiger partial charge in [0.15, 0.2) is 0 Å². The van der Waals surface area contributed by atoms with Gasteiger partial charge in [-0.15, -0.1) is 0 Å². The van der Waals surface area contributed by atoms with Gasteiger partial charge in [-0.1, -0.05) is 18.3 Å². The molecule has 0 atom stereocenters. The van der Waals surface area contributed by atoms with Crippen LogP contribution in [0.15, 0.2) is 24.3 Å². The molecule has 2 heterocycles. The maximum atomic E-state index is 9.70. The first kappa shape index (κ1) is 15.0. The number of fused-ring (bicyclic) bond motifs is 1. The van der Waals surface area contributed by atoms with Gasteiger partial charge in [-0.2, -0.15) is 5.10 Å². The zero-order valence-corrected chi connectivity index (χ0v) is 13.7. The Labute approximate surface area is 133 Å². The highest BCUT2D eigenvalue weighted by Crippen LogP contribution is 2.28. The Balaban J connectivity index is 2.00. The second-order valence-corrected chi connectivity index (χ2v) is 6.34. The number of aryl methyl sites for hydroxylation is 1. The van der Waals surface area contributed by atoms with Crippen molar-refractivity contribution in [2.75, 3.05) is 0 Å². The fraction of sp³-hybridized carbons (Fsp3) is 0.375. The van der Waals surface area contributed by atoms with E-state index in [-0.39, 0.29) is 12.7 Å². The van der Waals surface area contributed by atoms with Gasteiger partial charge in [-0.05, 0) is 44.5 Å². The van der Waals surface area contributed by atoms with Gasteiger partial charge < -0.3 is 9.84 Å². The van der Waals surface area contributed by atoms with Gasteiger partial charge in [0.2, 0.25) is 4.96 Å². The highest BCUT2D eigenvalue weighted by molar-refractivity contribution is 7.16. The minimum atomic E-state index is -0.0896. The lowest BCUT2D eigenvalue weighted by Crippen LogP contribution is -2.05. The Morgan fingerprint density at radius 2 is 2.00 bits per heavy atom. The highest BCUT2D eigenvalue weighted by Gasteiger charge is 2.17. The molecule has 5 nitrogen and oxygen atoms in total. The monoisotopic (exact) mass is 317 g/mol. The number of hydrogen-bond donors (Lipinski definition) is 1.